The van der Waals surface area contributed by atoms with Gasteiger partial charge in [0, 0.05) is 14.1 Å². The van der Waals surface area contributed by atoms with E-state index in [2.05, 4.69) is 10.3 Å². The number of aryl methyl sites for hydroxylation is 1. The number of thiophene rings is 1. The van der Waals surface area contributed by atoms with Crippen LogP contribution in [0.1, 0.15) is 10.4 Å². The van der Waals surface area contributed by atoms with E-state index in [1.54, 1.807) is 0 Å². The molecule has 0 saturated carbocycles. The van der Waals surface area contributed by atoms with Crippen LogP contribution >= 0.6 is 34.5 Å². The average molecular weight is 385 g/mol. The molecule has 1 amide bonds. The van der Waals surface area contributed by atoms with Crippen LogP contribution in [0.25, 0.3) is 11.0 Å². The average Bonchev–Trinajstić information content (AvgIpc) is 2.89. The number of halogens is 2. The Morgan fingerprint density at radius 3 is 2.54 bits per heavy atom. The highest BCUT2D eigenvalue weighted by atomic mass is 35.5. The van der Waals surface area contributed by atoms with Crippen molar-refractivity contribution in [2.45, 2.75) is 0 Å². The van der Waals surface area contributed by atoms with Gasteiger partial charge in [-0.05, 0) is 12.1 Å². The molecule has 0 saturated heterocycles. The summed E-state index contributed by atoms with van der Waals surface area (Å²) in [4.78, 5) is 40.4. The molecule has 0 radical (unpaired) electrons. The first-order valence-electron chi connectivity index (χ1n) is 6.61. The summed E-state index contributed by atoms with van der Waals surface area (Å²) in [6.45, 7) is 0. The molecule has 3 aromatic heterocycles. The molecular formula is C14H10Cl2N4O3S. The number of aromatic nitrogens is 3. The third kappa shape index (κ3) is 2.72. The third-order valence-electron chi connectivity index (χ3n) is 3.45. The molecule has 0 aliphatic heterocycles. The fraction of sp³-hybridized carbons (Fsp3) is 0.143. The summed E-state index contributed by atoms with van der Waals surface area (Å²) in [5.74, 6) is -0.467. The van der Waals surface area contributed by atoms with Gasteiger partial charge in [0.25, 0.3) is 11.5 Å². The van der Waals surface area contributed by atoms with Crippen LogP contribution in [0.4, 0.5) is 5.69 Å². The maximum absolute atomic E-state index is 12.2. The lowest BCUT2D eigenvalue weighted by molar-refractivity contribution is 0.102. The molecule has 0 aliphatic rings. The summed E-state index contributed by atoms with van der Waals surface area (Å²) < 4.78 is 2.90. The molecule has 0 unspecified atom stereocenters. The van der Waals surface area contributed by atoms with Gasteiger partial charge in [0.05, 0.1) is 27.2 Å². The van der Waals surface area contributed by atoms with E-state index >= 15 is 0 Å². The molecule has 3 rings (SSSR count). The molecule has 0 bridgehead atoms. The van der Waals surface area contributed by atoms with Gasteiger partial charge in [-0.15, -0.1) is 11.3 Å². The van der Waals surface area contributed by atoms with Crippen LogP contribution < -0.4 is 16.6 Å². The van der Waals surface area contributed by atoms with E-state index in [-0.39, 0.29) is 20.9 Å². The lowest BCUT2D eigenvalue weighted by Crippen LogP contribution is -2.37. The first-order chi connectivity index (χ1) is 11.3. The molecule has 3 heterocycles. The molecule has 3 aromatic rings. The summed E-state index contributed by atoms with van der Waals surface area (Å²) in [6, 6.07) is 2.92. The highest BCUT2D eigenvalue weighted by Crippen LogP contribution is 2.31. The molecule has 0 fully saturated rings. The topological polar surface area (TPSA) is 86.0 Å². The van der Waals surface area contributed by atoms with Crippen LogP contribution in [-0.2, 0) is 14.1 Å². The first kappa shape index (κ1) is 16.7. The van der Waals surface area contributed by atoms with Crippen molar-refractivity contribution in [2.24, 2.45) is 14.1 Å². The van der Waals surface area contributed by atoms with Gasteiger partial charge >= 0.3 is 5.69 Å². The summed E-state index contributed by atoms with van der Waals surface area (Å²) >= 11 is 12.9. The molecule has 24 heavy (non-hydrogen) atoms. The van der Waals surface area contributed by atoms with Crippen LogP contribution in [-0.4, -0.2) is 20.0 Å². The molecule has 1 N–H and O–H groups in total. The Bertz CT molecular complexity index is 1100. The third-order valence-corrected chi connectivity index (χ3v) is 4.94. The minimum atomic E-state index is -0.492. The molecule has 10 heteroatoms. The fourth-order valence-electron chi connectivity index (χ4n) is 2.23. The van der Waals surface area contributed by atoms with Gasteiger partial charge in [-0.25, -0.2) is 9.78 Å². The van der Waals surface area contributed by atoms with Crippen LogP contribution in [0.2, 0.25) is 8.67 Å². The Labute approximate surface area is 149 Å². The van der Waals surface area contributed by atoms with Gasteiger partial charge in [-0.1, -0.05) is 23.2 Å². The Morgan fingerprint density at radius 1 is 1.21 bits per heavy atom. The van der Waals surface area contributed by atoms with Crippen LogP contribution in [0.5, 0.6) is 0 Å². The maximum atomic E-state index is 12.2. The number of fused-ring (bicyclic) bond motifs is 1. The number of pyridine rings is 1. The number of amides is 1. The molecule has 0 spiro atoms. The first-order valence-corrected chi connectivity index (χ1v) is 8.19. The van der Waals surface area contributed by atoms with Gasteiger partial charge in [-0.3, -0.25) is 18.7 Å². The van der Waals surface area contributed by atoms with E-state index in [0.29, 0.717) is 10.0 Å². The highest BCUT2D eigenvalue weighted by Gasteiger charge is 2.16. The van der Waals surface area contributed by atoms with E-state index in [4.69, 9.17) is 23.2 Å². The summed E-state index contributed by atoms with van der Waals surface area (Å²) in [5, 5.41) is 2.83. The van der Waals surface area contributed by atoms with Crippen LogP contribution in [0.3, 0.4) is 0 Å². The number of carbonyl (C=O) groups is 1. The fourth-order valence-corrected chi connectivity index (χ4v) is 3.69. The van der Waals surface area contributed by atoms with Gasteiger partial charge < -0.3 is 5.32 Å². The van der Waals surface area contributed by atoms with Crippen molar-refractivity contribution < 1.29 is 4.79 Å². The molecule has 0 atom stereocenters. The number of carbonyl (C=O) groups excluding carboxylic acids is 1. The normalized spacial score (nSPS) is 11.0. The number of anilines is 1. The van der Waals surface area contributed by atoms with Gasteiger partial charge in [0.15, 0.2) is 0 Å². The molecule has 7 nitrogen and oxygen atoms in total. The predicted octanol–water partition coefficient (Wildman–Crippen LogP) is 2.25. The number of hydrogen-bond acceptors (Lipinski definition) is 5. The van der Waals surface area contributed by atoms with E-state index < -0.39 is 17.2 Å². The Hall–Kier alpha value is -2.16. The summed E-state index contributed by atoms with van der Waals surface area (Å²) in [5.41, 5.74) is -0.190. The maximum Gasteiger partial charge on any atom is 0.332 e. The van der Waals surface area contributed by atoms with Gasteiger partial charge in [0.1, 0.15) is 9.98 Å². The second-order valence-corrected chi connectivity index (χ2v) is 7.28. The number of rotatable bonds is 2. The summed E-state index contributed by atoms with van der Waals surface area (Å²) in [7, 11) is 2.89. The predicted molar refractivity (Wildman–Crippen MR) is 94.5 cm³/mol. The summed E-state index contributed by atoms with van der Waals surface area (Å²) in [6.07, 6.45) is 1.36. The van der Waals surface area contributed by atoms with Crippen molar-refractivity contribution in [1.82, 2.24) is 14.1 Å². The lowest BCUT2D eigenvalue weighted by atomic mass is 10.2. The van der Waals surface area contributed by atoms with Crippen molar-refractivity contribution in [3.05, 3.63) is 53.4 Å². The van der Waals surface area contributed by atoms with Crippen molar-refractivity contribution in [1.29, 1.82) is 0 Å². The second kappa shape index (κ2) is 6.04. The molecule has 0 aromatic carbocycles. The van der Waals surface area contributed by atoms with Crippen molar-refractivity contribution in [3.8, 4) is 0 Å². The Kier molecular flexibility index (Phi) is 4.20. The van der Waals surface area contributed by atoms with E-state index in [1.165, 1.54) is 37.0 Å². The van der Waals surface area contributed by atoms with E-state index in [0.717, 1.165) is 15.9 Å². The zero-order valence-electron chi connectivity index (χ0n) is 12.5. The minimum Gasteiger partial charge on any atom is -0.320 e. The monoisotopic (exact) mass is 384 g/mol. The largest absolute Gasteiger partial charge is 0.332 e. The second-order valence-electron chi connectivity index (χ2n) is 4.99. The van der Waals surface area contributed by atoms with E-state index in [1.807, 2.05) is 0 Å². The van der Waals surface area contributed by atoms with E-state index in [9.17, 15) is 14.4 Å². The van der Waals surface area contributed by atoms with Gasteiger partial charge in [0.2, 0.25) is 0 Å². The molecular weight excluding hydrogens is 375 g/mol. The van der Waals surface area contributed by atoms with Crippen molar-refractivity contribution in [2.75, 3.05) is 5.32 Å². The standard InChI is InChI=1S/C14H10Cl2N4O3S/c1-19-11-8(13(22)20(2)14(19)23)3-6(5-17-11)18-12(21)7-4-9(15)24-10(7)16/h3-5H,1-2H3,(H,18,21). The minimum absolute atomic E-state index is 0.215. The number of nitrogens with zero attached hydrogens (tertiary/aromatic N) is 3. The zero-order valence-corrected chi connectivity index (χ0v) is 14.8. The Morgan fingerprint density at radius 2 is 1.92 bits per heavy atom. The zero-order chi connectivity index (χ0) is 17.6. The SMILES string of the molecule is Cn1c(=O)c2cc(NC(=O)c3cc(Cl)sc3Cl)cnc2n(C)c1=O. The van der Waals surface area contributed by atoms with Crippen molar-refractivity contribution >= 4 is 57.2 Å². The smallest absolute Gasteiger partial charge is 0.320 e. The number of hydrogen-bond donors (Lipinski definition) is 1. The number of nitrogens with one attached hydrogen (secondary N) is 1. The Balaban J connectivity index is 2.06. The van der Waals surface area contributed by atoms with Crippen molar-refractivity contribution in [3.63, 3.8) is 0 Å². The highest BCUT2D eigenvalue weighted by molar-refractivity contribution is 7.20. The van der Waals surface area contributed by atoms with Gasteiger partial charge in [-0.2, -0.15) is 0 Å². The molecule has 124 valence electrons. The lowest BCUT2D eigenvalue weighted by Gasteiger charge is -2.09. The molecule has 0 aliphatic carbocycles. The van der Waals surface area contributed by atoms with Crippen LogP contribution in [0.15, 0.2) is 27.9 Å². The quantitative estimate of drug-likeness (QED) is 0.733. The van der Waals surface area contributed by atoms with Crippen LogP contribution in [0, 0.1) is 0 Å².